The summed E-state index contributed by atoms with van der Waals surface area (Å²) in [6.45, 7) is 4.72. The van der Waals surface area contributed by atoms with Gasteiger partial charge in [0.2, 0.25) is 0 Å². The fraction of sp³-hybridized carbons (Fsp3) is 0.394. The first-order valence-electron chi connectivity index (χ1n) is 15.2. The first-order chi connectivity index (χ1) is 22.1. The molecule has 1 amide bonds. The maximum atomic E-state index is 13.6. The fourth-order valence-corrected chi connectivity index (χ4v) is 6.86. The van der Waals surface area contributed by atoms with Crippen LogP contribution >= 0.6 is 24.8 Å². The lowest BCUT2D eigenvalue weighted by Crippen LogP contribution is -2.67. The number of alkyl halides is 3. The number of aromatic nitrogens is 4. The standard InChI is InChI=1S/C33H36F3N7O3.2ClH/c1-22(44)31(45)41-15-16-42-27(20-41)19-40(21-28(42)30(23-9-5-3-6-10-23)24-11-7-4-8-12-24)18-25-17-26(13-14-29(25)46-2)43-32(33(34,35)36)37-38-39-43;;/h3-14,17,22,27-28,30,44H,15-16,18-21H2,1-2H3;2*1H/t22-,27+,28-;;/m0../s1. The number of benzene rings is 3. The first kappa shape index (κ1) is 37.1. The minimum atomic E-state index is -4.73. The zero-order valence-electron chi connectivity index (χ0n) is 26.4. The van der Waals surface area contributed by atoms with E-state index in [1.807, 2.05) is 36.4 Å². The number of halogens is 5. The minimum Gasteiger partial charge on any atom is -0.496 e. The van der Waals surface area contributed by atoms with Crippen molar-refractivity contribution in [1.29, 1.82) is 0 Å². The number of hydrogen-bond donors (Lipinski definition) is 1. The number of nitrogens with zero attached hydrogens (tertiary/aromatic N) is 7. The van der Waals surface area contributed by atoms with E-state index in [1.165, 1.54) is 31.2 Å². The number of tetrazole rings is 1. The largest absolute Gasteiger partial charge is 0.496 e. The van der Waals surface area contributed by atoms with E-state index in [0.717, 1.165) is 0 Å². The van der Waals surface area contributed by atoms with E-state index in [-0.39, 0.29) is 54.4 Å². The van der Waals surface area contributed by atoms with Crippen molar-refractivity contribution in [3.05, 3.63) is 101 Å². The Morgan fingerprint density at radius 1 is 0.958 bits per heavy atom. The van der Waals surface area contributed by atoms with Crippen LogP contribution in [0.2, 0.25) is 0 Å². The summed E-state index contributed by atoms with van der Waals surface area (Å²) >= 11 is 0. The number of hydrogen-bond acceptors (Lipinski definition) is 8. The summed E-state index contributed by atoms with van der Waals surface area (Å²) in [5.74, 6) is -0.972. The fourth-order valence-electron chi connectivity index (χ4n) is 6.86. The molecule has 0 radical (unpaired) electrons. The highest BCUT2D eigenvalue weighted by Gasteiger charge is 2.43. The van der Waals surface area contributed by atoms with Crippen LogP contribution < -0.4 is 4.74 Å². The Morgan fingerprint density at radius 2 is 1.60 bits per heavy atom. The summed E-state index contributed by atoms with van der Waals surface area (Å²) in [4.78, 5) is 19.3. The molecule has 2 saturated heterocycles. The second kappa shape index (κ2) is 15.6. The lowest BCUT2D eigenvalue weighted by atomic mass is 9.81. The van der Waals surface area contributed by atoms with E-state index in [9.17, 15) is 23.1 Å². The molecule has 3 heterocycles. The van der Waals surface area contributed by atoms with E-state index in [4.69, 9.17) is 4.74 Å². The number of carbonyl (C=O) groups excluding carboxylic acids is 1. The third kappa shape index (κ3) is 7.76. The van der Waals surface area contributed by atoms with Crippen LogP contribution in [-0.2, 0) is 17.5 Å². The van der Waals surface area contributed by atoms with Gasteiger partial charge in [-0.3, -0.25) is 14.6 Å². The molecule has 48 heavy (non-hydrogen) atoms. The maximum Gasteiger partial charge on any atom is 0.453 e. The SMILES string of the molecule is COc1ccc(-n2nnnc2C(F)(F)F)cc1CN1C[C@@H]2CN(C(=O)[C@H](C)O)CCN2[C@H](C(c2ccccc2)c2ccccc2)C1.Cl.Cl. The predicted octanol–water partition coefficient (Wildman–Crippen LogP) is 4.44. The molecule has 2 fully saturated rings. The van der Waals surface area contributed by atoms with Crippen molar-refractivity contribution < 1.29 is 27.8 Å². The highest BCUT2D eigenvalue weighted by molar-refractivity contribution is 5.85. The first-order valence-corrected chi connectivity index (χ1v) is 15.2. The van der Waals surface area contributed by atoms with Gasteiger partial charge in [-0.15, -0.1) is 29.9 Å². The molecule has 1 aromatic heterocycles. The Bertz CT molecular complexity index is 1610. The molecule has 0 unspecified atom stereocenters. The molecule has 10 nitrogen and oxygen atoms in total. The molecule has 2 aliphatic heterocycles. The van der Waals surface area contributed by atoms with Gasteiger partial charge in [-0.25, -0.2) is 0 Å². The van der Waals surface area contributed by atoms with Crippen LogP contribution in [0.25, 0.3) is 5.69 Å². The van der Waals surface area contributed by atoms with Crippen LogP contribution in [-0.4, -0.2) is 104 Å². The van der Waals surface area contributed by atoms with Gasteiger partial charge in [0.05, 0.1) is 12.8 Å². The number of carbonyl (C=O) groups is 1. The Balaban J connectivity index is 0.00000260. The summed E-state index contributed by atoms with van der Waals surface area (Å²) in [5, 5.41) is 20.1. The number of amides is 1. The Labute approximate surface area is 289 Å². The molecule has 2 aliphatic rings. The number of aliphatic hydroxyl groups excluding tert-OH is 1. The smallest absolute Gasteiger partial charge is 0.453 e. The monoisotopic (exact) mass is 707 g/mol. The number of ether oxygens (including phenoxy) is 1. The van der Waals surface area contributed by atoms with Crippen LogP contribution in [0, 0.1) is 0 Å². The van der Waals surface area contributed by atoms with E-state index in [0.29, 0.717) is 55.3 Å². The van der Waals surface area contributed by atoms with Gasteiger partial charge < -0.3 is 14.7 Å². The third-order valence-corrected chi connectivity index (χ3v) is 8.87. The van der Waals surface area contributed by atoms with Crippen molar-refractivity contribution in [2.24, 2.45) is 0 Å². The molecule has 0 spiro atoms. The molecule has 3 atom stereocenters. The molecular weight excluding hydrogens is 670 g/mol. The van der Waals surface area contributed by atoms with Gasteiger partial charge in [0.1, 0.15) is 11.9 Å². The summed E-state index contributed by atoms with van der Waals surface area (Å²) in [7, 11) is 1.53. The highest BCUT2D eigenvalue weighted by Crippen LogP contribution is 2.37. The molecule has 0 saturated carbocycles. The van der Waals surface area contributed by atoms with Crippen molar-refractivity contribution in [2.45, 2.75) is 43.8 Å². The topological polar surface area (TPSA) is 99.8 Å². The van der Waals surface area contributed by atoms with Crippen molar-refractivity contribution >= 4 is 30.7 Å². The molecule has 4 aromatic rings. The summed E-state index contributed by atoms with van der Waals surface area (Å²) < 4.78 is 47.2. The van der Waals surface area contributed by atoms with Crippen molar-refractivity contribution in [3.63, 3.8) is 0 Å². The van der Waals surface area contributed by atoms with Crippen LogP contribution in [0.5, 0.6) is 5.75 Å². The molecule has 0 bridgehead atoms. The lowest BCUT2D eigenvalue weighted by Gasteiger charge is -2.53. The number of rotatable bonds is 8. The molecular formula is C33H38Cl2F3N7O3. The van der Waals surface area contributed by atoms with Gasteiger partial charge in [0.15, 0.2) is 0 Å². The van der Waals surface area contributed by atoms with Gasteiger partial charge >= 0.3 is 6.18 Å². The normalized spacial score (nSPS) is 19.2. The van der Waals surface area contributed by atoms with Crippen molar-refractivity contribution in [2.75, 3.05) is 39.8 Å². The van der Waals surface area contributed by atoms with Crippen LogP contribution in [0.15, 0.2) is 78.9 Å². The zero-order valence-corrected chi connectivity index (χ0v) is 28.0. The molecule has 258 valence electrons. The molecule has 15 heteroatoms. The van der Waals surface area contributed by atoms with Crippen molar-refractivity contribution in [1.82, 2.24) is 34.9 Å². The van der Waals surface area contributed by atoms with Gasteiger partial charge in [-0.05, 0) is 46.7 Å². The summed E-state index contributed by atoms with van der Waals surface area (Å²) in [5.41, 5.74) is 3.18. The van der Waals surface area contributed by atoms with Crippen molar-refractivity contribution in [3.8, 4) is 11.4 Å². The van der Waals surface area contributed by atoms with E-state index in [1.54, 1.807) is 17.0 Å². The number of piperazine rings is 2. The lowest BCUT2D eigenvalue weighted by molar-refractivity contribution is -0.146. The number of methoxy groups -OCH3 is 1. The average molecular weight is 709 g/mol. The van der Waals surface area contributed by atoms with E-state index < -0.39 is 18.1 Å². The Morgan fingerprint density at radius 3 is 2.19 bits per heavy atom. The minimum absolute atomic E-state index is 0. The number of aliphatic hydroxyl groups is 1. The predicted molar refractivity (Wildman–Crippen MR) is 178 cm³/mol. The van der Waals surface area contributed by atoms with Crippen LogP contribution in [0.3, 0.4) is 0 Å². The van der Waals surface area contributed by atoms with Gasteiger partial charge in [-0.2, -0.15) is 17.9 Å². The van der Waals surface area contributed by atoms with Crippen LogP contribution in [0.1, 0.15) is 35.4 Å². The molecule has 0 aliphatic carbocycles. The van der Waals surface area contributed by atoms with E-state index in [2.05, 4.69) is 49.6 Å². The molecule has 3 aromatic carbocycles. The second-order valence-corrected chi connectivity index (χ2v) is 11.8. The third-order valence-electron chi connectivity index (χ3n) is 8.87. The highest BCUT2D eigenvalue weighted by atomic mass is 35.5. The van der Waals surface area contributed by atoms with E-state index >= 15 is 0 Å². The molecule has 6 rings (SSSR count). The average Bonchev–Trinajstić information content (AvgIpc) is 3.57. The second-order valence-electron chi connectivity index (χ2n) is 11.8. The zero-order chi connectivity index (χ0) is 32.4. The van der Waals surface area contributed by atoms with Gasteiger partial charge in [0, 0.05) is 62.8 Å². The van der Waals surface area contributed by atoms with Gasteiger partial charge in [0.25, 0.3) is 11.7 Å². The summed E-state index contributed by atoms with van der Waals surface area (Å²) in [6.07, 6.45) is -5.82. The summed E-state index contributed by atoms with van der Waals surface area (Å²) in [6, 6.07) is 25.4. The maximum absolute atomic E-state index is 13.6. The van der Waals surface area contributed by atoms with Gasteiger partial charge in [-0.1, -0.05) is 60.7 Å². The number of fused-ring (bicyclic) bond motifs is 1. The Kier molecular flexibility index (Phi) is 12.1. The molecule has 1 N–H and O–H groups in total. The van der Waals surface area contributed by atoms with Crippen LogP contribution in [0.4, 0.5) is 13.2 Å². The quantitative estimate of drug-likeness (QED) is 0.287. The Hall–Kier alpha value is -3.75.